The number of aryl methyl sites for hydroxylation is 1. The Balaban J connectivity index is 1.31. The normalized spacial score (nSPS) is 22.2. The van der Waals surface area contributed by atoms with Crippen LogP contribution in [-0.4, -0.2) is 49.7 Å². The summed E-state index contributed by atoms with van der Waals surface area (Å²) < 4.78 is 71.3. The van der Waals surface area contributed by atoms with Crippen molar-refractivity contribution >= 4 is 15.9 Å². The fourth-order valence-electron chi connectivity index (χ4n) is 3.99. The molecule has 1 aromatic heterocycles. The monoisotopic (exact) mass is 470 g/mol. The number of hydrogen-bond acceptors (Lipinski definition) is 4. The number of nitrogens with zero attached hydrogens (tertiary/aromatic N) is 2. The van der Waals surface area contributed by atoms with Crippen LogP contribution in [0.3, 0.4) is 0 Å². The minimum absolute atomic E-state index is 0.0365. The molecule has 1 saturated carbocycles. The van der Waals surface area contributed by atoms with E-state index in [2.05, 4.69) is 6.92 Å². The number of piperazine rings is 1. The van der Waals surface area contributed by atoms with E-state index in [-0.39, 0.29) is 38.5 Å². The molecule has 0 N–H and O–H groups in total. The average molecular weight is 471 g/mol. The van der Waals surface area contributed by atoms with Gasteiger partial charge in [-0.1, -0.05) is 13.0 Å². The molecule has 4 rings (SSSR count). The highest BCUT2D eigenvalue weighted by Gasteiger charge is 2.37. The molecule has 2 heterocycles. The third-order valence-electron chi connectivity index (χ3n) is 6.13. The summed E-state index contributed by atoms with van der Waals surface area (Å²) in [4.78, 5) is 13.7. The van der Waals surface area contributed by atoms with Crippen molar-refractivity contribution < 1.29 is 30.8 Å². The van der Waals surface area contributed by atoms with Gasteiger partial charge in [0.05, 0.1) is 10.5 Å². The lowest BCUT2D eigenvalue weighted by Crippen LogP contribution is -2.50. The van der Waals surface area contributed by atoms with E-state index in [0.717, 1.165) is 40.4 Å². The highest BCUT2D eigenvalue weighted by atomic mass is 32.2. The summed E-state index contributed by atoms with van der Waals surface area (Å²) >= 11 is 0. The van der Waals surface area contributed by atoms with E-state index in [0.29, 0.717) is 24.3 Å². The SMILES string of the molecule is CC1CC1c1ccc(CCC(=O)N2CCN(S(=O)(=O)c3cccc(C(F)(F)F)c3)CC2)o1. The fraction of sp³-hybridized carbons (Fsp3) is 0.500. The molecule has 1 amide bonds. The molecule has 32 heavy (non-hydrogen) atoms. The van der Waals surface area contributed by atoms with Gasteiger partial charge in [-0.25, -0.2) is 8.42 Å². The van der Waals surface area contributed by atoms with Gasteiger partial charge >= 0.3 is 6.18 Å². The molecule has 2 atom stereocenters. The Bertz CT molecular complexity index is 1090. The molecule has 2 aromatic rings. The predicted molar refractivity (Wildman–Crippen MR) is 110 cm³/mol. The van der Waals surface area contributed by atoms with Gasteiger partial charge in [0.1, 0.15) is 11.5 Å². The van der Waals surface area contributed by atoms with Gasteiger partial charge in [-0.3, -0.25) is 4.79 Å². The van der Waals surface area contributed by atoms with Crippen molar-refractivity contribution in [1.29, 1.82) is 0 Å². The highest BCUT2D eigenvalue weighted by Crippen LogP contribution is 2.47. The second kappa shape index (κ2) is 8.55. The molecule has 6 nitrogen and oxygen atoms in total. The van der Waals surface area contributed by atoms with Crippen molar-refractivity contribution in [1.82, 2.24) is 9.21 Å². The molecule has 1 aliphatic carbocycles. The number of carbonyl (C=O) groups is 1. The second-order valence-corrected chi connectivity index (χ2v) is 10.4. The maximum absolute atomic E-state index is 12.9. The second-order valence-electron chi connectivity index (χ2n) is 8.43. The topological polar surface area (TPSA) is 70.8 Å². The Morgan fingerprint density at radius 1 is 1.12 bits per heavy atom. The van der Waals surface area contributed by atoms with Gasteiger partial charge in [0.15, 0.2) is 0 Å². The first-order chi connectivity index (χ1) is 15.1. The van der Waals surface area contributed by atoms with Gasteiger partial charge in [0.2, 0.25) is 15.9 Å². The summed E-state index contributed by atoms with van der Waals surface area (Å²) in [6, 6.07) is 7.58. The number of benzene rings is 1. The summed E-state index contributed by atoms with van der Waals surface area (Å²) in [5, 5.41) is 0. The molecule has 0 bridgehead atoms. The first-order valence-corrected chi connectivity index (χ1v) is 12.0. The molecule has 10 heteroatoms. The van der Waals surface area contributed by atoms with Crippen LogP contribution in [0.1, 0.15) is 42.8 Å². The van der Waals surface area contributed by atoms with Crippen LogP contribution < -0.4 is 0 Å². The van der Waals surface area contributed by atoms with Crippen LogP contribution in [-0.2, 0) is 27.4 Å². The summed E-state index contributed by atoms with van der Waals surface area (Å²) in [5.74, 6) is 2.75. The Morgan fingerprint density at radius 3 is 2.44 bits per heavy atom. The lowest BCUT2D eigenvalue weighted by atomic mass is 10.2. The summed E-state index contributed by atoms with van der Waals surface area (Å²) in [6.07, 6.45) is -2.77. The molecule has 174 valence electrons. The number of rotatable bonds is 6. The number of furan rings is 1. The predicted octanol–water partition coefficient (Wildman–Crippen LogP) is 3.89. The van der Waals surface area contributed by atoms with Crippen molar-refractivity contribution in [3.05, 3.63) is 53.5 Å². The van der Waals surface area contributed by atoms with Gasteiger partial charge < -0.3 is 9.32 Å². The molecule has 2 aliphatic rings. The molecule has 1 aliphatic heterocycles. The standard InChI is InChI=1S/C22H25F3N2O4S/c1-15-13-19(15)20-7-5-17(31-20)6-8-21(28)26-9-11-27(12-10-26)32(29,30)18-4-2-3-16(14-18)22(23,24)25/h2-5,7,14-15,19H,6,8-13H2,1H3. The Labute approximate surface area is 185 Å². The molecular weight excluding hydrogens is 445 g/mol. The summed E-state index contributed by atoms with van der Waals surface area (Å²) in [6.45, 7) is 2.63. The van der Waals surface area contributed by atoms with Crippen LogP contribution >= 0.6 is 0 Å². The quantitative estimate of drug-likeness (QED) is 0.642. The third kappa shape index (κ3) is 4.85. The minimum atomic E-state index is -4.62. The third-order valence-corrected chi connectivity index (χ3v) is 8.03. The molecule has 2 fully saturated rings. The summed E-state index contributed by atoms with van der Waals surface area (Å²) in [5.41, 5.74) is -1.01. The fourth-order valence-corrected chi connectivity index (χ4v) is 5.46. The average Bonchev–Trinajstić information content (AvgIpc) is 3.31. The minimum Gasteiger partial charge on any atom is -0.466 e. The van der Waals surface area contributed by atoms with E-state index in [1.165, 1.54) is 0 Å². The van der Waals surface area contributed by atoms with Gasteiger partial charge in [0.25, 0.3) is 0 Å². The van der Waals surface area contributed by atoms with Gasteiger partial charge in [0, 0.05) is 44.9 Å². The van der Waals surface area contributed by atoms with E-state index < -0.39 is 26.7 Å². The van der Waals surface area contributed by atoms with Crippen LogP contribution in [0, 0.1) is 5.92 Å². The zero-order valence-corrected chi connectivity index (χ0v) is 18.5. The zero-order chi connectivity index (χ0) is 23.1. The van der Waals surface area contributed by atoms with Gasteiger partial charge in [-0.2, -0.15) is 17.5 Å². The Hall–Kier alpha value is -2.33. The largest absolute Gasteiger partial charge is 0.466 e. The van der Waals surface area contributed by atoms with E-state index in [1.54, 1.807) is 4.90 Å². The van der Waals surface area contributed by atoms with Crippen LogP contribution in [0.15, 0.2) is 45.7 Å². The van der Waals surface area contributed by atoms with Crippen molar-refractivity contribution in [2.24, 2.45) is 5.92 Å². The van der Waals surface area contributed by atoms with Crippen LogP contribution in [0.2, 0.25) is 0 Å². The number of sulfonamides is 1. The van der Waals surface area contributed by atoms with Crippen molar-refractivity contribution in [2.75, 3.05) is 26.2 Å². The van der Waals surface area contributed by atoms with Gasteiger partial charge in [-0.05, 0) is 42.7 Å². The first kappa shape index (κ1) is 22.8. The van der Waals surface area contributed by atoms with E-state index in [1.807, 2.05) is 12.1 Å². The number of hydrogen-bond donors (Lipinski definition) is 0. The highest BCUT2D eigenvalue weighted by molar-refractivity contribution is 7.89. The number of carbonyl (C=O) groups excluding carboxylic acids is 1. The molecule has 1 saturated heterocycles. The summed E-state index contributed by atoms with van der Waals surface area (Å²) in [7, 11) is -4.07. The Kier molecular flexibility index (Phi) is 6.10. The van der Waals surface area contributed by atoms with E-state index in [9.17, 15) is 26.4 Å². The van der Waals surface area contributed by atoms with Crippen molar-refractivity contribution in [2.45, 2.75) is 43.2 Å². The number of alkyl halides is 3. The molecule has 0 radical (unpaired) electrons. The smallest absolute Gasteiger partial charge is 0.416 e. The molecule has 2 unspecified atom stereocenters. The van der Waals surface area contributed by atoms with Crippen LogP contribution in [0.5, 0.6) is 0 Å². The zero-order valence-electron chi connectivity index (χ0n) is 17.6. The van der Waals surface area contributed by atoms with E-state index >= 15 is 0 Å². The van der Waals surface area contributed by atoms with Crippen molar-refractivity contribution in [3.63, 3.8) is 0 Å². The maximum atomic E-state index is 12.9. The lowest BCUT2D eigenvalue weighted by Gasteiger charge is -2.34. The molecule has 0 spiro atoms. The van der Waals surface area contributed by atoms with Crippen molar-refractivity contribution in [3.8, 4) is 0 Å². The molecular formula is C22H25F3N2O4S. The molecule has 1 aromatic carbocycles. The first-order valence-electron chi connectivity index (χ1n) is 10.6. The Morgan fingerprint density at radius 2 is 1.81 bits per heavy atom. The number of amides is 1. The van der Waals surface area contributed by atoms with Gasteiger partial charge in [-0.15, -0.1) is 0 Å². The van der Waals surface area contributed by atoms with Crippen LogP contribution in [0.4, 0.5) is 13.2 Å². The van der Waals surface area contributed by atoms with E-state index in [4.69, 9.17) is 4.42 Å². The maximum Gasteiger partial charge on any atom is 0.416 e. The number of halogens is 3. The van der Waals surface area contributed by atoms with Crippen LogP contribution in [0.25, 0.3) is 0 Å². The lowest BCUT2D eigenvalue weighted by molar-refractivity contribution is -0.137.